The van der Waals surface area contributed by atoms with Gasteiger partial charge in [0.15, 0.2) is 0 Å². The van der Waals surface area contributed by atoms with Crippen molar-refractivity contribution < 1.29 is 19.1 Å². The van der Waals surface area contributed by atoms with Gasteiger partial charge in [0.2, 0.25) is 0 Å². The lowest BCUT2D eigenvalue weighted by molar-refractivity contribution is -0.165. The first-order valence-corrected chi connectivity index (χ1v) is 20.1. The van der Waals surface area contributed by atoms with E-state index in [-0.39, 0.29) is 11.1 Å². The first-order chi connectivity index (χ1) is 25.8. The molecule has 0 N–H and O–H groups in total. The molecule has 2 atom stereocenters. The molecule has 0 saturated heterocycles. The number of benzene rings is 2. The minimum absolute atomic E-state index is 0.122. The minimum Gasteiger partial charge on any atom is -0.454 e. The second-order valence-electron chi connectivity index (χ2n) is 16.4. The van der Waals surface area contributed by atoms with Crippen molar-refractivity contribution in [3.8, 4) is 12.1 Å². The number of hydrogen-bond acceptors (Lipinski definition) is 8. The summed E-state index contributed by atoms with van der Waals surface area (Å²) in [5.74, 6) is 0.915. The molecule has 8 nitrogen and oxygen atoms in total. The highest BCUT2D eigenvalue weighted by Gasteiger charge is 2.33. The van der Waals surface area contributed by atoms with Gasteiger partial charge in [-0.1, -0.05) is 79.7 Å². The van der Waals surface area contributed by atoms with E-state index < -0.39 is 24.1 Å². The predicted molar refractivity (Wildman–Crippen MR) is 221 cm³/mol. The average Bonchev–Trinajstić information content (AvgIpc) is 3.13. The Balaban J connectivity index is 1.68. The number of carbonyl (C=O) groups is 2. The first-order valence-electron chi connectivity index (χ1n) is 20.1. The lowest BCUT2D eigenvalue weighted by Crippen LogP contribution is -2.38. The van der Waals surface area contributed by atoms with Gasteiger partial charge in [-0.15, -0.1) is 0 Å². The van der Waals surface area contributed by atoms with Gasteiger partial charge in [0.1, 0.15) is 35.5 Å². The van der Waals surface area contributed by atoms with Crippen molar-refractivity contribution in [3.05, 3.63) is 70.8 Å². The maximum absolute atomic E-state index is 13.3. The highest BCUT2D eigenvalue weighted by Crippen LogP contribution is 2.27. The van der Waals surface area contributed by atoms with Crippen molar-refractivity contribution in [3.63, 3.8) is 0 Å². The van der Waals surface area contributed by atoms with Crippen molar-refractivity contribution in [2.45, 2.75) is 119 Å². The maximum atomic E-state index is 13.3. The van der Waals surface area contributed by atoms with E-state index in [0.717, 1.165) is 87.2 Å². The molecule has 0 radical (unpaired) electrons. The van der Waals surface area contributed by atoms with Gasteiger partial charge in [0.05, 0.1) is 0 Å². The Morgan fingerprint density at radius 3 is 1.15 bits per heavy atom. The van der Waals surface area contributed by atoms with Crippen LogP contribution in [0.2, 0.25) is 0 Å². The van der Waals surface area contributed by atoms with Crippen molar-refractivity contribution >= 4 is 35.5 Å². The van der Waals surface area contributed by atoms with E-state index in [4.69, 9.17) is 9.47 Å². The lowest BCUT2D eigenvalue weighted by Gasteiger charge is -2.30. The topological polar surface area (TPSA) is 107 Å². The number of rotatable bonds is 20. The summed E-state index contributed by atoms with van der Waals surface area (Å²) < 4.78 is 11.6. The van der Waals surface area contributed by atoms with Gasteiger partial charge in [0, 0.05) is 37.6 Å². The lowest BCUT2D eigenvalue weighted by atomic mass is 9.94. The van der Waals surface area contributed by atoms with Gasteiger partial charge < -0.3 is 19.3 Å². The molecule has 1 aliphatic rings. The van der Waals surface area contributed by atoms with Crippen molar-refractivity contribution in [2.75, 3.05) is 36.0 Å². The summed E-state index contributed by atoms with van der Waals surface area (Å²) in [6, 6.07) is 19.8. The Hall–Kier alpha value is -4.56. The molecule has 0 amide bonds. The molecule has 0 aliphatic heterocycles. The number of ether oxygens (including phenoxy) is 2. The van der Waals surface area contributed by atoms with Gasteiger partial charge >= 0.3 is 11.9 Å². The molecule has 2 aromatic carbocycles. The molecule has 0 bridgehead atoms. The second kappa shape index (κ2) is 22.6. The third-order valence-electron chi connectivity index (χ3n) is 9.88. The molecule has 2 unspecified atom stereocenters. The molecular weight excluding hydrogens is 673 g/mol. The molecule has 2 aromatic rings. The van der Waals surface area contributed by atoms with Gasteiger partial charge in [-0.05, 0) is 123 Å². The van der Waals surface area contributed by atoms with Crippen LogP contribution in [-0.2, 0) is 19.1 Å². The van der Waals surface area contributed by atoms with Gasteiger partial charge in [-0.25, -0.2) is 9.59 Å². The summed E-state index contributed by atoms with van der Waals surface area (Å²) in [4.78, 5) is 31.4. The Kier molecular flexibility index (Phi) is 18.4. The number of anilines is 2. The molecule has 1 aliphatic carbocycles. The molecule has 1 saturated carbocycles. The van der Waals surface area contributed by atoms with Crippen LogP contribution in [0.5, 0.6) is 0 Å². The van der Waals surface area contributed by atoms with Crippen LogP contribution >= 0.6 is 0 Å². The van der Waals surface area contributed by atoms with Crippen molar-refractivity contribution in [1.29, 1.82) is 10.5 Å². The Morgan fingerprint density at radius 1 is 0.593 bits per heavy atom. The highest BCUT2D eigenvalue weighted by molar-refractivity contribution is 5.99. The molecule has 54 heavy (non-hydrogen) atoms. The number of nitriles is 2. The predicted octanol–water partition coefficient (Wildman–Crippen LogP) is 10.4. The monoisotopic (exact) mass is 736 g/mol. The maximum Gasteiger partial charge on any atom is 0.349 e. The standard InChI is InChI=1S/C46H64N4O4/c1-33(2)21-25-49(26-22-34(3)4)41-17-13-37(14-18-41)29-39(31-47)45(51)53-43-11-9-10-12-44(43)54-46(52)40(32-48)30-38-15-19-42(20-16-38)50(27-23-35(5)6)28-24-36(7)8/h13-20,29-30,33-36,43-44H,9-12,21-28H2,1-8H3/b39-29+,40-30+. The second-order valence-corrected chi connectivity index (χ2v) is 16.4. The fourth-order valence-corrected chi connectivity index (χ4v) is 6.30. The minimum atomic E-state index is -0.753. The normalized spacial score (nSPS) is 16.3. The molecule has 0 heterocycles. The molecule has 0 spiro atoms. The highest BCUT2D eigenvalue weighted by atomic mass is 16.6. The van der Waals surface area contributed by atoms with E-state index in [1.165, 1.54) is 12.2 Å². The largest absolute Gasteiger partial charge is 0.454 e. The van der Waals surface area contributed by atoms with E-state index in [1.807, 2.05) is 60.7 Å². The van der Waals surface area contributed by atoms with Crippen LogP contribution in [0.4, 0.5) is 11.4 Å². The first kappa shape index (κ1) is 43.8. The summed E-state index contributed by atoms with van der Waals surface area (Å²) in [7, 11) is 0. The van der Waals surface area contributed by atoms with Crippen LogP contribution in [0.1, 0.15) is 118 Å². The molecule has 3 rings (SSSR count). The number of hydrogen-bond donors (Lipinski definition) is 0. The summed E-state index contributed by atoms with van der Waals surface area (Å²) in [6.07, 6.45) is 8.62. The van der Waals surface area contributed by atoms with Crippen LogP contribution in [0, 0.1) is 46.3 Å². The van der Waals surface area contributed by atoms with Crippen LogP contribution in [0.3, 0.4) is 0 Å². The zero-order chi connectivity index (χ0) is 39.6. The van der Waals surface area contributed by atoms with Crippen LogP contribution in [0.25, 0.3) is 12.2 Å². The number of nitrogens with zero attached hydrogens (tertiary/aromatic N) is 4. The third kappa shape index (κ3) is 15.1. The van der Waals surface area contributed by atoms with Crippen molar-refractivity contribution in [1.82, 2.24) is 0 Å². The van der Waals surface area contributed by atoms with E-state index >= 15 is 0 Å². The van der Waals surface area contributed by atoms with E-state index in [1.54, 1.807) is 0 Å². The quantitative estimate of drug-likeness (QED) is 0.0751. The molecule has 0 aromatic heterocycles. The zero-order valence-corrected chi connectivity index (χ0v) is 34.1. The van der Waals surface area contributed by atoms with Gasteiger partial charge in [-0.3, -0.25) is 0 Å². The number of carbonyl (C=O) groups excluding carboxylic acids is 2. The Labute approximate surface area is 325 Å². The van der Waals surface area contributed by atoms with Crippen LogP contribution in [-0.4, -0.2) is 50.3 Å². The smallest absolute Gasteiger partial charge is 0.349 e. The summed E-state index contributed by atoms with van der Waals surface area (Å²) in [5, 5.41) is 19.8. The summed E-state index contributed by atoms with van der Waals surface area (Å²) >= 11 is 0. The third-order valence-corrected chi connectivity index (χ3v) is 9.88. The SMILES string of the molecule is CC(C)CCN(CCC(C)C)c1ccc(/C=C(\C#N)C(=O)OC2CCCCC2OC(=O)/C(C#N)=C/c2ccc(N(CCC(C)C)CCC(C)C)cc2)cc1. The Morgan fingerprint density at radius 2 is 0.889 bits per heavy atom. The van der Waals surface area contributed by atoms with E-state index in [0.29, 0.717) is 36.5 Å². The van der Waals surface area contributed by atoms with Crippen LogP contribution < -0.4 is 9.80 Å². The average molecular weight is 737 g/mol. The fraction of sp³-hybridized carbons (Fsp3) is 0.565. The molecule has 8 heteroatoms. The van der Waals surface area contributed by atoms with Crippen LogP contribution in [0.15, 0.2) is 59.7 Å². The zero-order valence-electron chi connectivity index (χ0n) is 34.1. The van der Waals surface area contributed by atoms with E-state index in [9.17, 15) is 20.1 Å². The van der Waals surface area contributed by atoms with Crippen molar-refractivity contribution in [2.24, 2.45) is 23.7 Å². The summed E-state index contributed by atoms with van der Waals surface area (Å²) in [5.41, 5.74) is 3.44. The van der Waals surface area contributed by atoms with Gasteiger partial charge in [-0.2, -0.15) is 10.5 Å². The molecular formula is C46H64N4O4. The van der Waals surface area contributed by atoms with E-state index in [2.05, 4.69) is 65.2 Å². The van der Waals surface area contributed by atoms with Gasteiger partial charge in [0.25, 0.3) is 0 Å². The summed E-state index contributed by atoms with van der Waals surface area (Å²) in [6.45, 7) is 21.7. The Bertz CT molecular complexity index is 1460. The fourth-order valence-electron chi connectivity index (χ4n) is 6.30. The number of esters is 2. The molecule has 292 valence electrons. The molecule has 1 fully saturated rings.